The van der Waals surface area contributed by atoms with Gasteiger partial charge in [0.25, 0.3) is 0 Å². The van der Waals surface area contributed by atoms with Crippen LogP contribution >= 0.6 is 0 Å². The Hall–Kier alpha value is -12.5. The maximum absolute atomic E-state index is 15.4. The highest BCUT2D eigenvalue weighted by molar-refractivity contribution is 6.02. The summed E-state index contributed by atoms with van der Waals surface area (Å²) in [5, 5.41) is 57.3. The summed E-state index contributed by atoms with van der Waals surface area (Å²) in [6, 6.07) is -6.70. The number of benzene rings is 2. The van der Waals surface area contributed by atoms with Crippen molar-refractivity contribution in [3.63, 3.8) is 0 Å². The first kappa shape index (κ1) is 95.0. The topological polar surface area (TPSA) is 636 Å². The van der Waals surface area contributed by atoms with Crippen LogP contribution < -0.4 is 65.1 Å². The molecule has 0 spiro atoms. The number of rotatable bonds is 43. The van der Waals surface area contributed by atoms with Crippen molar-refractivity contribution in [2.24, 2.45) is 34.2 Å². The van der Waals surface area contributed by atoms with Gasteiger partial charge in [0.2, 0.25) is 100 Å². The third kappa shape index (κ3) is 26.7. The zero-order valence-electron chi connectivity index (χ0n) is 68.7. The number of nitrogens with zero attached hydrogens (tertiary/aromatic N) is 8. The summed E-state index contributed by atoms with van der Waals surface area (Å²) < 4.78 is 0. The first-order valence-electron chi connectivity index (χ1n) is 41.3. The average molecular weight is 1710 g/mol. The molecule has 122 heavy (non-hydrogen) atoms. The summed E-state index contributed by atoms with van der Waals surface area (Å²) in [4.78, 5) is 271. The van der Waals surface area contributed by atoms with Gasteiger partial charge in [0, 0.05) is 82.6 Å². The van der Waals surface area contributed by atoms with Crippen LogP contribution in [0.3, 0.4) is 0 Å². The minimum absolute atomic E-state index is 0.0153. The molecule has 18 N–H and O–H groups in total. The van der Waals surface area contributed by atoms with E-state index in [9.17, 15) is 97.6 Å². The highest BCUT2D eigenvalue weighted by Gasteiger charge is 2.49. The van der Waals surface area contributed by atoms with Crippen molar-refractivity contribution in [3.05, 3.63) is 76.2 Å². The Kier molecular flexibility index (Phi) is 34.8. The Morgan fingerprint density at radius 1 is 0.451 bits per heavy atom. The van der Waals surface area contributed by atoms with Crippen LogP contribution in [0.4, 0.5) is 0 Å². The van der Waals surface area contributed by atoms with Crippen LogP contribution in [0.2, 0.25) is 0 Å². The molecule has 2 aromatic rings. The number of phenols is 1. The van der Waals surface area contributed by atoms with E-state index in [0.717, 1.165) is 9.80 Å². The minimum Gasteiger partial charge on any atom is -0.508 e. The predicted molar refractivity (Wildman–Crippen MR) is 429 cm³/mol. The van der Waals surface area contributed by atoms with E-state index in [1.807, 2.05) is 0 Å². The Labute approximate surface area is 703 Å². The molecule has 0 aromatic heterocycles. The van der Waals surface area contributed by atoms with Gasteiger partial charge in [0.05, 0.1) is 6.04 Å². The molecule has 0 bridgehead atoms. The number of phenolic OH excluding ortho intramolecular Hbond substituents is 1. The molecule has 8 rings (SSSR count). The second-order valence-corrected chi connectivity index (χ2v) is 32.6. The molecular weight excluding hydrogens is 1590 g/mol. The number of primary amides is 3. The average Bonchev–Trinajstić information content (AvgIpc) is 1.63. The first-order chi connectivity index (χ1) is 57.9. The maximum Gasteiger partial charge on any atom is 0.326 e. The van der Waals surface area contributed by atoms with Gasteiger partial charge < -0.3 is 105 Å². The second kappa shape index (κ2) is 44.7. The molecule has 6 aliphatic rings. The summed E-state index contributed by atoms with van der Waals surface area (Å²) in [6.07, 6.45) is -3.04. The molecule has 6 heterocycles. The zero-order chi connectivity index (χ0) is 89.3. The van der Waals surface area contributed by atoms with E-state index >= 15 is 14.4 Å². The normalized spacial score (nSPS) is 21.2. The van der Waals surface area contributed by atoms with E-state index in [1.54, 1.807) is 58.0 Å². The largest absolute Gasteiger partial charge is 0.508 e. The maximum atomic E-state index is 15.4. The summed E-state index contributed by atoms with van der Waals surface area (Å²) in [7, 11) is 0. The quantitative estimate of drug-likeness (QED) is 0.0184. The fourth-order valence-corrected chi connectivity index (χ4v) is 16.3. The standard InChI is InChI=1S/C80H112N20O22/c1-42(2)36-53(90-67(108)48-25-30-65(105)85-48)69(110)87-50(22-27-62(81)102)75(116)97-33-9-16-59(97)72(113)93-56(38-44-12-6-5-7-13-44)79(120)100-41-46(94-95-84)40-61(100)74(115)88-51(23-28-63(82)103)76(117)96-32-8-14-57(96)70(111)86-49(26-31-66(106)107)68(109)91-54(37-43(3)4)77(118)98-34-11-17-60(98)73(114)92-55(39-45-18-20-47(101)21-19-45)78(119)99-35-10-15-58(99)71(112)89-52(80(121)122)24-29-64(83)104/h5-7,12-13,18-21,42-43,46,48-61,101H,8-11,14-17,22-41H2,1-4H3,(H2,81,102)(H2,82,103)(H2,83,104)(H,85,105)(H,86,111)(H,87,110)(H,88,115)(H,89,112)(H,90,108)(H,91,109)(H,92,114)(H,93,113)(H,106,107)(H,121,122)/t46-,48+,49+,50+,51+,52+,53+,54+,55+,56+,57+,58+,59+,60+,61+/m1/s1. The molecular formula is C80H112N20O22. The van der Waals surface area contributed by atoms with Crippen molar-refractivity contribution < 1.29 is 106 Å². The third-order valence-electron chi connectivity index (χ3n) is 22.5. The van der Waals surface area contributed by atoms with Crippen molar-refractivity contribution in [2.75, 3.05) is 32.7 Å². The molecule has 42 nitrogen and oxygen atoms in total. The Morgan fingerprint density at radius 3 is 1.25 bits per heavy atom. The van der Waals surface area contributed by atoms with Gasteiger partial charge in [-0.15, -0.1) is 0 Å². The Balaban J connectivity index is 0.973. The fraction of sp³-hybridized carbons (Fsp3) is 0.613. The monoisotopic (exact) mass is 1700 g/mol. The van der Waals surface area contributed by atoms with Gasteiger partial charge in [-0.2, -0.15) is 0 Å². The highest BCUT2D eigenvalue weighted by Crippen LogP contribution is 2.30. The summed E-state index contributed by atoms with van der Waals surface area (Å²) in [5.74, 6) is -17.4. The van der Waals surface area contributed by atoms with Crippen LogP contribution in [0.15, 0.2) is 59.7 Å². The number of likely N-dealkylation sites (tertiary alicyclic amines) is 5. The van der Waals surface area contributed by atoms with E-state index in [4.69, 9.17) is 17.2 Å². The molecule has 15 atom stereocenters. The number of nitrogens with two attached hydrogens (primary N) is 3. The summed E-state index contributed by atoms with van der Waals surface area (Å²) in [5.41, 5.74) is 27.1. The van der Waals surface area contributed by atoms with E-state index < -0.39 is 236 Å². The van der Waals surface area contributed by atoms with E-state index in [1.165, 1.54) is 39.0 Å². The molecule has 2 aromatic carbocycles. The lowest BCUT2D eigenvalue weighted by Crippen LogP contribution is -2.61. The number of carbonyl (C=O) groups excluding carboxylic acids is 17. The number of azide groups is 1. The number of nitrogens with one attached hydrogen (secondary N) is 9. The molecule has 6 aliphatic heterocycles. The molecule has 42 heteroatoms. The molecule has 0 unspecified atom stereocenters. The number of carboxylic acid groups (broad SMARTS) is 2. The molecule has 0 radical (unpaired) electrons. The van der Waals surface area contributed by atoms with Crippen LogP contribution in [0.5, 0.6) is 5.75 Å². The van der Waals surface area contributed by atoms with Crippen LogP contribution in [-0.2, 0) is 104 Å². The van der Waals surface area contributed by atoms with Gasteiger partial charge in [0.1, 0.15) is 90.3 Å². The van der Waals surface area contributed by atoms with Gasteiger partial charge >= 0.3 is 11.9 Å². The Morgan fingerprint density at radius 2 is 0.820 bits per heavy atom. The number of carboxylic acids is 2. The predicted octanol–water partition coefficient (Wildman–Crippen LogP) is -2.58. The number of carbonyl (C=O) groups is 19. The SMILES string of the molecule is CC(C)C[C@H](NC(=O)[C@@H]1CCC(=O)N1)C(=O)N[C@@H](CCC(N)=O)C(=O)N1CCC[C@H]1C(=O)N[C@@H](Cc1ccccc1)C(=O)N1C[C@H](N=[N+]=[N-])C[C@H]1C(=O)N[C@@H](CCC(N)=O)C(=O)N1CCC[C@H]1C(=O)N[C@@H](CCC(=O)O)C(=O)N[C@@H](CC(C)C)C(=O)N1CCC[C@H]1C(=O)N[C@@H](Cc1ccc(O)cc1)C(=O)N1CCC[C@H]1C(=O)N[C@@H](CCC(N)=O)C(=O)O. The molecule has 6 fully saturated rings. The van der Waals surface area contributed by atoms with Gasteiger partial charge in [-0.25, -0.2) is 4.79 Å². The smallest absolute Gasteiger partial charge is 0.326 e. The Bertz CT molecular complexity index is 4280. The van der Waals surface area contributed by atoms with Gasteiger partial charge in [-0.1, -0.05) is 75.3 Å². The zero-order valence-corrected chi connectivity index (χ0v) is 68.7. The van der Waals surface area contributed by atoms with Crippen molar-refractivity contribution in [2.45, 2.75) is 266 Å². The first-order valence-corrected chi connectivity index (χ1v) is 41.3. The summed E-state index contributed by atoms with van der Waals surface area (Å²) in [6.45, 7) is 6.44. The lowest BCUT2D eigenvalue weighted by Gasteiger charge is -2.33. The number of hydrogen-bond donors (Lipinski definition) is 15. The van der Waals surface area contributed by atoms with Gasteiger partial charge in [-0.3, -0.25) is 86.3 Å². The minimum atomic E-state index is -1.71. The fourth-order valence-electron chi connectivity index (χ4n) is 16.3. The molecule has 0 aliphatic carbocycles. The van der Waals surface area contributed by atoms with Crippen LogP contribution in [-0.4, -0.2) is 276 Å². The number of aromatic hydroxyl groups is 1. The van der Waals surface area contributed by atoms with Crippen molar-refractivity contribution in [1.29, 1.82) is 0 Å². The van der Waals surface area contributed by atoms with Crippen LogP contribution in [0.25, 0.3) is 10.4 Å². The molecule has 6 saturated heterocycles. The van der Waals surface area contributed by atoms with E-state index in [2.05, 4.69) is 57.9 Å². The number of aliphatic carboxylic acids is 2. The van der Waals surface area contributed by atoms with Crippen molar-refractivity contribution in [3.8, 4) is 5.75 Å². The molecule has 664 valence electrons. The third-order valence-corrected chi connectivity index (χ3v) is 22.5. The molecule has 17 amide bonds. The van der Waals surface area contributed by atoms with Gasteiger partial charge in [0.15, 0.2) is 0 Å². The lowest BCUT2D eigenvalue weighted by molar-refractivity contribution is -0.146. The van der Waals surface area contributed by atoms with Crippen LogP contribution in [0.1, 0.15) is 174 Å². The molecule has 0 saturated carbocycles. The van der Waals surface area contributed by atoms with E-state index in [-0.39, 0.29) is 159 Å². The van der Waals surface area contributed by atoms with Crippen molar-refractivity contribution in [1.82, 2.24) is 72.4 Å². The lowest BCUT2D eigenvalue weighted by atomic mass is 10.0. The number of amides is 17. The van der Waals surface area contributed by atoms with Crippen LogP contribution in [0, 0.1) is 11.8 Å². The van der Waals surface area contributed by atoms with Crippen molar-refractivity contribution >= 4 is 112 Å². The number of hydrogen-bond acceptors (Lipinski definition) is 21. The second-order valence-electron chi connectivity index (χ2n) is 32.6. The summed E-state index contributed by atoms with van der Waals surface area (Å²) >= 11 is 0. The van der Waals surface area contributed by atoms with Gasteiger partial charge in [-0.05, 0) is 143 Å². The van der Waals surface area contributed by atoms with E-state index in [0.29, 0.717) is 17.5 Å². The highest BCUT2D eigenvalue weighted by atomic mass is 16.4.